The van der Waals surface area contributed by atoms with Crippen molar-refractivity contribution < 1.29 is 0 Å². The monoisotopic (exact) mass is 520 g/mol. The first-order valence-corrected chi connectivity index (χ1v) is 11.2. The van der Waals surface area contributed by atoms with Crippen LogP contribution in [0.25, 0.3) is 33.4 Å². The van der Waals surface area contributed by atoms with Crippen LogP contribution in [0.15, 0.2) is 81.7 Å². The maximum Gasteiger partial charge on any atom is 0.0400 e. The van der Waals surface area contributed by atoms with Gasteiger partial charge in [-0.1, -0.05) is 74.3 Å². The van der Waals surface area contributed by atoms with E-state index in [1.807, 2.05) is 18.2 Å². The van der Waals surface area contributed by atoms with E-state index in [4.69, 9.17) is 11.5 Å². The molecule has 150 valence electrons. The van der Waals surface area contributed by atoms with Gasteiger partial charge in [-0.2, -0.15) is 0 Å². The van der Waals surface area contributed by atoms with Crippen molar-refractivity contribution in [3.63, 3.8) is 0 Å². The Morgan fingerprint density at radius 3 is 1.60 bits per heavy atom. The Kier molecular flexibility index (Phi) is 5.72. The van der Waals surface area contributed by atoms with Gasteiger partial charge in [0.2, 0.25) is 0 Å². The molecular weight excluding hydrogens is 500 g/mol. The van der Waals surface area contributed by atoms with E-state index in [2.05, 4.69) is 100 Å². The number of halogens is 2. The van der Waals surface area contributed by atoms with Gasteiger partial charge in [0, 0.05) is 25.9 Å². The lowest BCUT2D eigenvalue weighted by Crippen LogP contribution is -1.97. The largest absolute Gasteiger partial charge is 0.399 e. The third kappa shape index (κ3) is 3.90. The molecule has 4 aromatic rings. The molecule has 2 nitrogen and oxygen atoms in total. The van der Waals surface area contributed by atoms with Crippen LogP contribution in [0.3, 0.4) is 0 Å². The van der Waals surface area contributed by atoms with Crippen LogP contribution in [0.2, 0.25) is 0 Å². The number of hydrogen-bond acceptors (Lipinski definition) is 2. The lowest BCUT2D eigenvalue weighted by Gasteiger charge is -2.20. The zero-order chi connectivity index (χ0) is 21.4. The summed E-state index contributed by atoms with van der Waals surface area (Å²) in [7, 11) is 0. The molecule has 0 amide bonds. The first-order chi connectivity index (χ1) is 14.3. The molecule has 0 aromatic heterocycles. The minimum absolute atomic E-state index is 0.749. The molecule has 0 bridgehead atoms. The predicted octanol–water partition coefficient (Wildman–Crippen LogP) is 7.99. The molecule has 4 rings (SSSR count). The molecular formula is C26H22Br2N2. The highest BCUT2D eigenvalue weighted by Crippen LogP contribution is 2.44. The molecule has 0 aliphatic heterocycles. The van der Waals surface area contributed by atoms with Crippen LogP contribution in [0, 0.1) is 13.8 Å². The number of rotatable bonds is 3. The molecule has 0 spiro atoms. The number of nitrogen functional groups attached to an aromatic ring is 2. The molecule has 0 fully saturated rings. The summed E-state index contributed by atoms with van der Waals surface area (Å²) >= 11 is 7.24. The van der Waals surface area contributed by atoms with E-state index >= 15 is 0 Å². The fourth-order valence-electron chi connectivity index (χ4n) is 3.73. The molecule has 0 radical (unpaired) electrons. The Labute approximate surface area is 194 Å². The van der Waals surface area contributed by atoms with Gasteiger partial charge in [0.25, 0.3) is 0 Å². The van der Waals surface area contributed by atoms with Gasteiger partial charge in [0.05, 0.1) is 0 Å². The average molecular weight is 522 g/mol. The van der Waals surface area contributed by atoms with Crippen molar-refractivity contribution in [3.8, 4) is 33.4 Å². The fraction of sp³-hybridized carbons (Fsp3) is 0.0769. The van der Waals surface area contributed by atoms with Gasteiger partial charge in [-0.3, -0.25) is 0 Å². The third-order valence-corrected chi connectivity index (χ3v) is 7.13. The maximum absolute atomic E-state index is 6.58. The number of aryl methyl sites for hydroxylation is 2. The zero-order valence-corrected chi connectivity index (χ0v) is 20.0. The Balaban J connectivity index is 2.08. The highest BCUT2D eigenvalue weighted by molar-refractivity contribution is 9.10. The second-order valence-corrected chi connectivity index (χ2v) is 9.21. The van der Waals surface area contributed by atoms with Gasteiger partial charge < -0.3 is 11.5 Å². The van der Waals surface area contributed by atoms with Gasteiger partial charge in [0.1, 0.15) is 0 Å². The Bertz CT molecular complexity index is 1240. The van der Waals surface area contributed by atoms with Gasteiger partial charge >= 0.3 is 0 Å². The Morgan fingerprint density at radius 1 is 0.567 bits per heavy atom. The van der Waals surface area contributed by atoms with Crippen molar-refractivity contribution in [3.05, 3.63) is 92.9 Å². The SMILES string of the molecule is Cc1cc(-c2c(N)ccc(-c3ccc(N)cc3)c2-c2ccc(Br)c(C)c2)ccc1Br. The van der Waals surface area contributed by atoms with E-state index in [0.717, 1.165) is 53.7 Å². The first-order valence-electron chi connectivity index (χ1n) is 9.66. The molecule has 0 saturated carbocycles. The molecule has 0 saturated heterocycles. The Morgan fingerprint density at radius 2 is 1.07 bits per heavy atom. The molecule has 4 N–H and O–H groups in total. The van der Waals surface area contributed by atoms with Crippen LogP contribution in [-0.2, 0) is 0 Å². The minimum Gasteiger partial charge on any atom is -0.399 e. The van der Waals surface area contributed by atoms with Crippen molar-refractivity contribution in [1.82, 2.24) is 0 Å². The van der Waals surface area contributed by atoms with Gasteiger partial charge in [-0.05, 0) is 83.1 Å². The highest BCUT2D eigenvalue weighted by atomic mass is 79.9. The third-order valence-electron chi connectivity index (χ3n) is 5.35. The quantitative estimate of drug-likeness (QED) is 0.268. The number of hydrogen-bond donors (Lipinski definition) is 2. The van der Waals surface area contributed by atoms with Crippen molar-refractivity contribution in [1.29, 1.82) is 0 Å². The van der Waals surface area contributed by atoms with Crippen LogP contribution in [0.4, 0.5) is 11.4 Å². The molecule has 30 heavy (non-hydrogen) atoms. The van der Waals surface area contributed by atoms with Crippen LogP contribution in [-0.4, -0.2) is 0 Å². The second kappa shape index (κ2) is 8.29. The molecule has 4 heteroatoms. The van der Waals surface area contributed by atoms with E-state index in [9.17, 15) is 0 Å². The van der Waals surface area contributed by atoms with Crippen LogP contribution >= 0.6 is 31.9 Å². The first kappa shape index (κ1) is 20.7. The Hall–Kier alpha value is -2.56. The number of benzene rings is 4. The van der Waals surface area contributed by atoms with E-state index < -0.39 is 0 Å². The summed E-state index contributed by atoms with van der Waals surface area (Å²) in [5.41, 5.74) is 23.0. The summed E-state index contributed by atoms with van der Waals surface area (Å²) in [5, 5.41) is 0. The van der Waals surface area contributed by atoms with E-state index in [1.54, 1.807) is 0 Å². The highest BCUT2D eigenvalue weighted by Gasteiger charge is 2.18. The zero-order valence-electron chi connectivity index (χ0n) is 16.8. The predicted molar refractivity (Wildman–Crippen MR) is 136 cm³/mol. The summed E-state index contributed by atoms with van der Waals surface area (Å²) in [6, 6.07) is 24.9. The van der Waals surface area contributed by atoms with Crippen molar-refractivity contribution in [2.24, 2.45) is 0 Å². The summed E-state index contributed by atoms with van der Waals surface area (Å²) < 4.78 is 2.17. The summed E-state index contributed by atoms with van der Waals surface area (Å²) in [5.74, 6) is 0. The fourth-order valence-corrected chi connectivity index (χ4v) is 4.23. The maximum atomic E-state index is 6.58. The van der Waals surface area contributed by atoms with Crippen molar-refractivity contribution >= 4 is 43.2 Å². The van der Waals surface area contributed by atoms with Crippen LogP contribution < -0.4 is 11.5 Å². The number of nitrogens with two attached hydrogens (primary N) is 2. The number of anilines is 2. The smallest absolute Gasteiger partial charge is 0.0400 e. The molecule has 0 heterocycles. The average Bonchev–Trinajstić information content (AvgIpc) is 2.73. The van der Waals surface area contributed by atoms with E-state index in [0.29, 0.717) is 0 Å². The molecule has 0 aliphatic rings. The van der Waals surface area contributed by atoms with Crippen LogP contribution in [0.5, 0.6) is 0 Å². The summed E-state index contributed by atoms with van der Waals surface area (Å²) in [6.45, 7) is 4.20. The summed E-state index contributed by atoms with van der Waals surface area (Å²) in [6.07, 6.45) is 0. The molecule has 0 unspecified atom stereocenters. The minimum atomic E-state index is 0.749. The van der Waals surface area contributed by atoms with Crippen LogP contribution in [0.1, 0.15) is 11.1 Å². The lowest BCUT2D eigenvalue weighted by atomic mass is 9.86. The van der Waals surface area contributed by atoms with Crippen molar-refractivity contribution in [2.75, 3.05) is 11.5 Å². The summed E-state index contributed by atoms with van der Waals surface area (Å²) in [4.78, 5) is 0. The topological polar surface area (TPSA) is 52.0 Å². The van der Waals surface area contributed by atoms with Gasteiger partial charge in [0.15, 0.2) is 0 Å². The normalized spacial score (nSPS) is 10.9. The van der Waals surface area contributed by atoms with E-state index in [-0.39, 0.29) is 0 Å². The molecule has 0 atom stereocenters. The van der Waals surface area contributed by atoms with Crippen molar-refractivity contribution in [2.45, 2.75) is 13.8 Å². The standard InChI is InChI=1S/C26H22Br2N2/c1-15-13-18(5-10-22(15)27)25-21(17-3-7-20(29)8-4-17)9-12-24(30)26(25)19-6-11-23(28)16(2)14-19/h3-14H,29-30H2,1-2H3. The molecule has 4 aromatic carbocycles. The van der Waals surface area contributed by atoms with E-state index in [1.165, 1.54) is 11.1 Å². The van der Waals surface area contributed by atoms with Gasteiger partial charge in [-0.25, -0.2) is 0 Å². The second-order valence-electron chi connectivity index (χ2n) is 7.50. The molecule has 0 aliphatic carbocycles. The lowest BCUT2D eigenvalue weighted by molar-refractivity contribution is 1.41. The van der Waals surface area contributed by atoms with Gasteiger partial charge in [-0.15, -0.1) is 0 Å².